The number of nitrogens with one attached hydrogen (secondary N) is 1. The van der Waals surface area contributed by atoms with Gasteiger partial charge < -0.3 is 29.3 Å². The first kappa shape index (κ1) is 34.6. The Morgan fingerprint density at radius 1 is 0.938 bits per heavy atom. The molecular weight excluding hydrogens is 643 g/mol. The topological polar surface area (TPSA) is 117 Å². The van der Waals surface area contributed by atoms with Crippen LogP contribution in [0.15, 0.2) is 40.7 Å². The van der Waals surface area contributed by atoms with Crippen molar-refractivity contribution >= 4 is 35.1 Å². The normalized spacial score (nSPS) is 16.0. The molecule has 3 aromatic rings. The number of alkyl halides is 3. The summed E-state index contributed by atoms with van der Waals surface area (Å²) < 4.78 is 73.6. The van der Waals surface area contributed by atoms with Crippen LogP contribution < -0.4 is 20.7 Å². The van der Waals surface area contributed by atoms with Crippen molar-refractivity contribution < 1.29 is 36.3 Å². The number of piperidine rings is 1. The number of anilines is 3. The Kier molecular flexibility index (Phi) is 9.69. The first-order valence-electron chi connectivity index (χ1n) is 15.6. The fourth-order valence-electron chi connectivity index (χ4n) is 5.74. The summed E-state index contributed by atoms with van der Waals surface area (Å²) in [6, 6.07) is 4.01. The lowest BCUT2D eigenvalue weighted by atomic mass is 10.1. The molecule has 260 valence electrons. The van der Waals surface area contributed by atoms with Crippen LogP contribution in [0, 0.1) is 0 Å². The molecule has 0 saturated carbocycles. The molecule has 2 fully saturated rings. The molecule has 0 spiro atoms. The van der Waals surface area contributed by atoms with Crippen LogP contribution in [0.25, 0.3) is 5.78 Å². The van der Waals surface area contributed by atoms with E-state index in [4.69, 9.17) is 4.74 Å². The molecule has 48 heavy (non-hydrogen) atoms. The molecule has 1 aromatic carbocycles. The lowest BCUT2D eigenvalue weighted by Gasteiger charge is -2.37. The molecule has 2 aromatic heterocycles. The van der Waals surface area contributed by atoms with Crippen molar-refractivity contribution in [3.63, 3.8) is 0 Å². The largest absolute Gasteiger partial charge is 0.444 e. The lowest BCUT2D eigenvalue weighted by Crippen LogP contribution is -2.51. The van der Waals surface area contributed by atoms with Gasteiger partial charge in [-0.15, -0.1) is 5.10 Å². The van der Waals surface area contributed by atoms with Crippen LogP contribution in [-0.4, -0.2) is 80.9 Å². The molecule has 2 aliphatic rings. The predicted octanol–water partition coefficient (Wildman–Crippen LogP) is 4.92. The predicted molar refractivity (Wildman–Crippen MR) is 167 cm³/mol. The second-order valence-electron chi connectivity index (χ2n) is 12.6. The summed E-state index contributed by atoms with van der Waals surface area (Å²) in [5.74, 6) is -0.411. The van der Waals surface area contributed by atoms with Crippen molar-refractivity contribution in [3.05, 3.63) is 57.5 Å². The molecule has 0 bridgehead atoms. The van der Waals surface area contributed by atoms with Crippen LogP contribution in [0.2, 0.25) is 0 Å². The molecule has 1 N–H and O–H groups in total. The second kappa shape index (κ2) is 13.4. The molecule has 12 nitrogen and oxygen atoms in total. The Hall–Kier alpha value is -4.70. The maximum absolute atomic E-state index is 14.1. The van der Waals surface area contributed by atoms with Crippen LogP contribution in [0.5, 0.6) is 0 Å². The molecule has 2 amide bonds. The number of carbonyl (C=O) groups is 2. The van der Waals surface area contributed by atoms with Gasteiger partial charge in [0.2, 0.25) is 17.6 Å². The van der Waals surface area contributed by atoms with E-state index in [-0.39, 0.29) is 93.7 Å². The summed E-state index contributed by atoms with van der Waals surface area (Å²) >= 11 is 0. The van der Waals surface area contributed by atoms with Gasteiger partial charge in [-0.05, 0) is 69.9 Å². The minimum Gasteiger partial charge on any atom is -0.444 e. The van der Waals surface area contributed by atoms with Crippen LogP contribution in [-0.2, 0) is 28.7 Å². The number of amides is 2. The fourth-order valence-corrected chi connectivity index (χ4v) is 5.74. The Balaban J connectivity index is 1.49. The Morgan fingerprint density at radius 2 is 1.56 bits per heavy atom. The zero-order chi connectivity index (χ0) is 35.0. The lowest BCUT2D eigenvalue weighted by molar-refractivity contribution is -0.137. The first-order valence-corrected chi connectivity index (χ1v) is 15.6. The third-order valence-corrected chi connectivity index (χ3v) is 8.11. The number of piperazine rings is 1. The molecule has 0 atom stereocenters. The van der Waals surface area contributed by atoms with Crippen molar-refractivity contribution in [1.82, 2.24) is 24.1 Å². The number of benzene rings is 1. The van der Waals surface area contributed by atoms with Crippen molar-refractivity contribution in [2.75, 3.05) is 54.4 Å². The minimum atomic E-state index is -4.54. The van der Waals surface area contributed by atoms with E-state index in [9.17, 15) is 36.3 Å². The highest BCUT2D eigenvalue weighted by atomic mass is 19.4. The average molecular weight is 681 g/mol. The van der Waals surface area contributed by atoms with E-state index in [2.05, 4.69) is 15.4 Å². The van der Waals surface area contributed by atoms with Gasteiger partial charge in [0.25, 0.3) is 11.6 Å². The number of ether oxygens (including phenoxy) is 1. The van der Waals surface area contributed by atoms with E-state index in [1.54, 1.807) is 37.5 Å². The third-order valence-electron chi connectivity index (χ3n) is 8.11. The quantitative estimate of drug-likeness (QED) is 0.365. The zero-order valence-electron chi connectivity index (χ0n) is 27.0. The van der Waals surface area contributed by atoms with Crippen molar-refractivity contribution in [1.29, 1.82) is 0 Å². The third kappa shape index (κ3) is 7.54. The van der Waals surface area contributed by atoms with E-state index in [0.29, 0.717) is 5.69 Å². The number of halogens is 5. The van der Waals surface area contributed by atoms with Gasteiger partial charge in [-0.25, -0.2) is 4.79 Å². The molecule has 5 rings (SSSR count). The van der Waals surface area contributed by atoms with E-state index in [0.717, 1.165) is 28.8 Å². The molecule has 0 radical (unpaired) electrons. The maximum Gasteiger partial charge on any atom is 0.416 e. The Morgan fingerprint density at radius 3 is 2.10 bits per heavy atom. The Bertz CT molecular complexity index is 1760. The van der Waals surface area contributed by atoms with E-state index >= 15 is 0 Å². The average Bonchev–Trinajstić information content (AvgIpc) is 3.47. The van der Waals surface area contributed by atoms with Gasteiger partial charge in [-0.1, -0.05) is 6.92 Å². The van der Waals surface area contributed by atoms with Gasteiger partial charge >= 0.3 is 12.3 Å². The second-order valence-corrected chi connectivity index (χ2v) is 12.6. The highest BCUT2D eigenvalue weighted by Gasteiger charge is 2.32. The summed E-state index contributed by atoms with van der Waals surface area (Å²) in [4.78, 5) is 49.7. The summed E-state index contributed by atoms with van der Waals surface area (Å²) in [5.41, 5.74) is -1.13. The minimum absolute atomic E-state index is 0.0450. The van der Waals surface area contributed by atoms with Gasteiger partial charge in [0.15, 0.2) is 0 Å². The number of rotatable bonds is 6. The van der Waals surface area contributed by atoms with E-state index < -0.39 is 41.0 Å². The van der Waals surface area contributed by atoms with Gasteiger partial charge in [0, 0.05) is 45.0 Å². The smallest absolute Gasteiger partial charge is 0.416 e. The zero-order valence-corrected chi connectivity index (χ0v) is 27.0. The Labute approximate surface area is 272 Å². The number of hydrogen-bond acceptors (Lipinski definition) is 8. The standard InChI is InChI=1S/C31H37F5N8O4/c1-5-22-24(40-14-16-42(17-15-40)29(47)48-30(2,3)4)26(46)44-28(38-27(39-44)41-12-10-19(11-13-41)25(32)33)43(22)18-23(45)37-21-8-6-20(7-9-21)31(34,35)36/h6-9H,5,10-18H2,1-4H3,(H,37,45). The summed E-state index contributed by atoms with van der Waals surface area (Å²) in [5, 5.41) is 7.05. The number of carbonyl (C=O) groups excluding carboxylic acids is 2. The van der Waals surface area contributed by atoms with Crippen LogP contribution >= 0.6 is 0 Å². The van der Waals surface area contributed by atoms with E-state index in [1.165, 1.54) is 4.57 Å². The molecule has 2 aliphatic heterocycles. The highest BCUT2D eigenvalue weighted by Crippen LogP contribution is 2.30. The number of aromatic nitrogens is 4. The number of hydrogen-bond donors (Lipinski definition) is 1. The first-order chi connectivity index (χ1) is 22.6. The van der Waals surface area contributed by atoms with Crippen molar-refractivity contribution in [2.45, 2.75) is 65.3 Å². The van der Waals surface area contributed by atoms with Crippen molar-refractivity contribution in [3.8, 4) is 0 Å². The molecule has 0 unspecified atom stereocenters. The molecule has 4 heterocycles. The highest BCUT2D eigenvalue weighted by molar-refractivity contribution is 5.91. The fraction of sp³-hybridized carbons (Fsp3) is 0.516. The molecular formula is C31H37F5N8O4. The summed E-state index contributed by atoms with van der Waals surface area (Å²) in [6.07, 6.45) is -6.22. The van der Waals surface area contributed by atoms with Crippen LogP contribution in [0.4, 0.5) is 44.1 Å². The van der Waals surface area contributed by atoms with Gasteiger partial charge in [0.05, 0.1) is 11.3 Å². The molecule has 0 aliphatic carbocycles. The van der Waals surface area contributed by atoms with Crippen molar-refractivity contribution in [2.24, 2.45) is 0 Å². The van der Waals surface area contributed by atoms with Crippen LogP contribution in [0.1, 0.15) is 51.8 Å². The SMILES string of the molecule is CCc1c(N2CCN(C(=O)OC(C)(C)C)CC2)c(=O)n2nc(N3CCC(=C(F)F)CC3)nc2n1CC(=O)Nc1ccc(C(F)(F)F)cc1. The monoisotopic (exact) mass is 680 g/mol. The summed E-state index contributed by atoms with van der Waals surface area (Å²) in [7, 11) is 0. The number of nitrogens with zero attached hydrogens (tertiary/aromatic N) is 7. The van der Waals surface area contributed by atoms with E-state index in [1.807, 2.05) is 4.90 Å². The maximum atomic E-state index is 14.1. The van der Waals surface area contributed by atoms with Gasteiger partial charge in [-0.3, -0.25) is 9.59 Å². The van der Waals surface area contributed by atoms with Gasteiger partial charge in [0.1, 0.15) is 17.8 Å². The number of fused-ring (bicyclic) bond motifs is 1. The summed E-state index contributed by atoms with van der Waals surface area (Å²) in [6.45, 7) is 8.24. The van der Waals surface area contributed by atoms with Crippen LogP contribution in [0.3, 0.4) is 0 Å². The van der Waals surface area contributed by atoms with Gasteiger partial charge in [-0.2, -0.15) is 31.5 Å². The molecule has 2 saturated heterocycles. The molecule has 17 heteroatoms.